The zero-order chi connectivity index (χ0) is 69.8. The van der Waals surface area contributed by atoms with Crippen molar-refractivity contribution in [3.8, 4) is 0 Å². The van der Waals surface area contributed by atoms with Crippen molar-refractivity contribution < 1.29 is 80.2 Å². The summed E-state index contributed by atoms with van der Waals surface area (Å²) in [5.41, 5.74) is 0. The van der Waals surface area contributed by atoms with Gasteiger partial charge in [0.05, 0.1) is 26.4 Å². The zero-order valence-electron chi connectivity index (χ0n) is 61.8. The molecule has 3 N–H and O–H groups in total. The third kappa shape index (κ3) is 70.3. The zero-order valence-corrected chi connectivity index (χ0v) is 63.6. The maximum atomic E-state index is 13.1. The Kier molecular flexibility index (Phi) is 67.7. The van der Waals surface area contributed by atoms with Crippen LogP contribution in [-0.2, 0) is 65.4 Å². The van der Waals surface area contributed by atoms with Crippen LogP contribution in [0.1, 0.15) is 401 Å². The summed E-state index contributed by atoms with van der Waals surface area (Å²) in [6.45, 7) is 7.32. The number of phosphoric ester groups is 2. The molecule has 564 valence electrons. The number of carbonyl (C=O) groups excluding carboxylic acids is 4. The van der Waals surface area contributed by atoms with Crippen LogP contribution < -0.4 is 0 Å². The molecule has 0 aliphatic carbocycles. The van der Waals surface area contributed by atoms with Crippen molar-refractivity contribution in [2.24, 2.45) is 5.92 Å². The minimum Gasteiger partial charge on any atom is -0.462 e. The van der Waals surface area contributed by atoms with E-state index in [1.165, 1.54) is 225 Å². The molecule has 5 atom stereocenters. The van der Waals surface area contributed by atoms with Gasteiger partial charge in [0, 0.05) is 25.7 Å². The second kappa shape index (κ2) is 69.2. The quantitative estimate of drug-likeness (QED) is 0.0222. The number of hydrogen-bond donors (Lipinski definition) is 3. The van der Waals surface area contributed by atoms with Gasteiger partial charge < -0.3 is 33.8 Å². The summed E-state index contributed by atoms with van der Waals surface area (Å²) in [5, 5.41) is 10.6. The van der Waals surface area contributed by atoms with Gasteiger partial charge in [0.2, 0.25) is 0 Å². The average molecular weight is 1400 g/mol. The first-order valence-corrected chi connectivity index (χ1v) is 42.6. The summed E-state index contributed by atoms with van der Waals surface area (Å²) in [4.78, 5) is 72.8. The van der Waals surface area contributed by atoms with Gasteiger partial charge >= 0.3 is 39.5 Å². The SMILES string of the molecule is CCCCCCCCCCCCCCCCC(=O)OC[C@H](COP(=O)(O)OC[C@@H](O)COP(=O)(O)OC[C@@H](COC(=O)CCCCCCCCCCC)OC(=O)CCCCCCCCCCCCCCC)OC(=O)CCCCCCCCCCCCCCCCCCC(C)C. The van der Waals surface area contributed by atoms with Crippen molar-refractivity contribution in [2.45, 2.75) is 419 Å². The van der Waals surface area contributed by atoms with Crippen molar-refractivity contribution in [2.75, 3.05) is 39.6 Å². The lowest BCUT2D eigenvalue weighted by Crippen LogP contribution is -2.30. The first kappa shape index (κ1) is 93.1. The number of esters is 4. The van der Waals surface area contributed by atoms with Gasteiger partial charge in [-0.1, -0.05) is 349 Å². The van der Waals surface area contributed by atoms with Gasteiger partial charge in [0.15, 0.2) is 12.2 Å². The van der Waals surface area contributed by atoms with Crippen LogP contribution in [-0.4, -0.2) is 96.7 Å². The third-order valence-corrected chi connectivity index (χ3v) is 19.7. The smallest absolute Gasteiger partial charge is 0.462 e. The highest BCUT2D eigenvalue weighted by Gasteiger charge is 2.30. The second-order valence-electron chi connectivity index (χ2n) is 27.9. The monoisotopic (exact) mass is 1400 g/mol. The van der Waals surface area contributed by atoms with Crippen LogP contribution in [0.15, 0.2) is 0 Å². The number of aliphatic hydroxyl groups is 1. The number of rotatable bonds is 76. The van der Waals surface area contributed by atoms with Gasteiger partial charge in [-0.05, 0) is 31.6 Å². The van der Waals surface area contributed by atoms with E-state index in [1.807, 2.05) is 0 Å². The van der Waals surface area contributed by atoms with E-state index in [9.17, 15) is 43.2 Å². The minimum atomic E-state index is -4.96. The van der Waals surface area contributed by atoms with Crippen LogP contribution in [0.4, 0.5) is 0 Å². The molecule has 0 aromatic carbocycles. The fraction of sp³-hybridized carbons (Fsp3) is 0.947. The Morgan fingerprint density at radius 1 is 0.284 bits per heavy atom. The van der Waals surface area contributed by atoms with Crippen molar-refractivity contribution in [1.29, 1.82) is 0 Å². The summed E-state index contributed by atoms with van der Waals surface area (Å²) < 4.78 is 68.5. The van der Waals surface area contributed by atoms with Crippen LogP contribution in [0.25, 0.3) is 0 Å². The maximum absolute atomic E-state index is 13.1. The largest absolute Gasteiger partial charge is 0.472 e. The minimum absolute atomic E-state index is 0.108. The number of carbonyl (C=O) groups is 4. The molecule has 0 bridgehead atoms. The van der Waals surface area contributed by atoms with Crippen LogP contribution in [0, 0.1) is 5.92 Å². The molecule has 0 aliphatic heterocycles. The highest BCUT2D eigenvalue weighted by Crippen LogP contribution is 2.45. The molecule has 19 heteroatoms. The molecule has 0 aromatic heterocycles. The van der Waals surface area contributed by atoms with Crippen LogP contribution in [0.2, 0.25) is 0 Å². The lowest BCUT2D eigenvalue weighted by molar-refractivity contribution is -0.161. The fourth-order valence-corrected chi connectivity index (χ4v) is 13.3. The Hall–Kier alpha value is -1.94. The molecule has 0 spiro atoms. The third-order valence-electron chi connectivity index (χ3n) is 17.8. The summed E-state index contributed by atoms with van der Waals surface area (Å²) >= 11 is 0. The van der Waals surface area contributed by atoms with E-state index >= 15 is 0 Å². The van der Waals surface area contributed by atoms with E-state index in [0.29, 0.717) is 25.7 Å². The number of aliphatic hydroxyl groups excluding tert-OH is 1. The number of hydrogen-bond acceptors (Lipinski definition) is 15. The molecule has 0 amide bonds. The van der Waals surface area contributed by atoms with Gasteiger partial charge in [0.25, 0.3) is 0 Å². The fourth-order valence-electron chi connectivity index (χ4n) is 11.7. The van der Waals surface area contributed by atoms with Gasteiger partial charge in [-0.15, -0.1) is 0 Å². The van der Waals surface area contributed by atoms with Crippen LogP contribution in [0.3, 0.4) is 0 Å². The molecule has 0 rings (SSSR count). The first-order valence-electron chi connectivity index (χ1n) is 39.6. The van der Waals surface area contributed by atoms with Crippen molar-refractivity contribution in [3.63, 3.8) is 0 Å². The van der Waals surface area contributed by atoms with Gasteiger partial charge in [-0.3, -0.25) is 37.3 Å². The average Bonchev–Trinajstić information content (AvgIpc) is 1.65. The van der Waals surface area contributed by atoms with Gasteiger partial charge in [0.1, 0.15) is 19.3 Å². The lowest BCUT2D eigenvalue weighted by Gasteiger charge is -2.21. The molecule has 0 saturated carbocycles. The van der Waals surface area contributed by atoms with Crippen LogP contribution >= 0.6 is 15.6 Å². The Labute approximate surface area is 581 Å². The number of ether oxygens (including phenoxy) is 4. The predicted octanol–water partition coefficient (Wildman–Crippen LogP) is 22.5. The molecule has 0 aromatic rings. The van der Waals surface area contributed by atoms with E-state index in [0.717, 1.165) is 95.8 Å². The lowest BCUT2D eigenvalue weighted by atomic mass is 10.0. The predicted molar refractivity (Wildman–Crippen MR) is 386 cm³/mol. The second-order valence-corrected chi connectivity index (χ2v) is 30.8. The number of phosphoric acid groups is 2. The van der Waals surface area contributed by atoms with Crippen molar-refractivity contribution >= 4 is 39.5 Å². The molecule has 0 radical (unpaired) electrons. The van der Waals surface area contributed by atoms with Crippen LogP contribution in [0.5, 0.6) is 0 Å². The molecule has 95 heavy (non-hydrogen) atoms. The van der Waals surface area contributed by atoms with E-state index < -0.39 is 97.5 Å². The molecule has 2 unspecified atom stereocenters. The maximum Gasteiger partial charge on any atom is 0.472 e. The van der Waals surface area contributed by atoms with E-state index in [2.05, 4.69) is 34.6 Å². The summed E-state index contributed by atoms with van der Waals surface area (Å²) in [7, 11) is -9.91. The standard InChI is InChI=1S/C76H148O17P2/c1-6-9-12-15-18-21-23-25-32-35-40-45-50-55-60-74(79)87-66-72(93-76(81)62-57-52-47-42-37-33-29-27-26-28-31-34-39-43-48-53-58-69(4)5)68-91-95(84,85)89-64-70(77)63-88-94(82,83)90-67-71(65-86-73(78)59-54-49-44-38-20-17-14-11-8-3)92-75(80)61-56-51-46-41-36-30-24-22-19-16-13-10-7-2/h69-72,77H,6-68H2,1-5H3,(H,82,83)(H,84,85)/t70-,71+,72+/m0/s1. The topological polar surface area (TPSA) is 237 Å². The number of unbranched alkanes of at least 4 members (excludes halogenated alkanes) is 48. The van der Waals surface area contributed by atoms with Crippen molar-refractivity contribution in [1.82, 2.24) is 0 Å². The summed E-state index contributed by atoms with van der Waals surface area (Å²) in [5.74, 6) is -1.30. The highest BCUT2D eigenvalue weighted by molar-refractivity contribution is 7.47. The van der Waals surface area contributed by atoms with E-state index in [1.54, 1.807) is 0 Å². The summed E-state index contributed by atoms with van der Waals surface area (Å²) in [6, 6.07) is 0. The first-order chi connectivity index (χ1) is 46.0. The van der Waals surface area contributed by atoms with E-state index in [4.69, 9.17) is 37.0 Å². The summed E-state index contributed by atoms with van der Waals surface area (Å²) in [6.07, 6.45) is 58.1. The Morgan fingerprint density at radius 3 is 0.716 bits per heavy atom. The highest BCUT2D eigenvalue weighted by atomic mass is 31.2. The Balaban J connectivity index is 5.22. The Morgan fingerprint density at radius 2 is 0.484 bits per heavy atom. The molecule has 0 fully saturated rings. The molecular weight excluding hydrogens is 1250 g/mol. The molecule has 0 saturated heterocycles. The van der Waals surface area contributed by atoms with Gasteiger partial charge in [-0.25, -0.2) is 9.13 Å². The van der Waals surface area contributed by atoms with E-state index in [-0.39, 0.29) is 25.7 Å². The normalized spacial score (nSPS) is 13.9. The molecular formula is C76H148O17P2. The van der Waals surface area contributed by atoms with Gasteiger partial charge in [-0.2, -0.15) is 0 Å². The molecule has 0 aliphatic rings. The molecule has 0 heterocycles. The van der Waals surface area contributed by atoms with Crippen molar-refractivity contribution in [3.05, 3.63) is 0 Å². The molecule has 17 nitrogen and oxygen atoms in total. The Bertz CT molecular complexity index is 1820.